The van der Waals surface area contributed by atoms with E-state index in [4.69, 9.17) is 34.8 Å². The minimum atomic E-state index is 0.544. The van der Waals surface area contributed by atoms with E-state index in [1.54, 1.807) is 12.1 Å². The molecule has 2 rings (SSSR count). The quantitative estimate of drug-likeness (QED) is 0.795. The zero-order valence-corrected chi connectivity index (χ0v) is 11.7. The molecule has 0 atom stereocenters. The molecule has 0 aliphatic rings. The average molecular weight is 290 g/mol. The highest BCUT2D eigenvalue weighted by atomic mass is 35.5. The summed E-state index contributed by atoms with van der Waals surface area (Å²) in [6, 6.07) is 3.40. The third-order valence-corrected chi connectivity index (χ3v) is 3.42. The molecule has 17 heavy (non-hydrogen) atoms. The summed E-state index contributed by atoms with van der Waals surface area (Å²) in [4.78, 5) is 4.33. The van der Waals surface area contributed by atoms with E-state index < -0.39 is 0 Å². The molecule has 2 nitrogen and oxygen atoms in total. The van der Waals surface area contributed by atoms with E-state index in [1.165, 1.54) is 0 Å². The summed E-state index contributed by atoms with van der Waals surface area (Å²) >= 11 is 18.2. The van der Waals surface area contributed by atoms with Gasteiger partial charge in [0.25, 0.3) is 0 Å². The fourth-order valence-electron chi connectivity index (χ4n) is 1.72. The molecule has 1 aromatic carbocycles. The van der Waals surface area contributed by atoms with Crippen molar-refractivity contribution >= 4 is 34.8 Å². The normalized spacial score (nSPS) is 10.9. The average Bonchev–Trinajstić information content (AvgIpc) is 2.51. The number of hydrogen-bond acceptors (Lipinski definition) is 1. The molecule has 0 saturated heterocycles. The number of benzene rings is 1. The molecule has 0 saturated carbocycles. The second-order valence-corrected chi connectivity index (χ2v) is 5.16. The SMILES string of the molecule is Cc1cn(Cc2c(Cl)cc(Cl)cc2Cl)c(C)n1. The summed E-state index contributed by atoms with van der Waals surface area (Å²) in [6.07, 6.45) is 1.97. The molecule has 0 unspecified atom stereocenters. The van der Waals surface area contributed by atoms with Crippen LogP contribution < -0.4 is 0 Å². The first-order valence-corrected chi connectivity index (χ1v) is 6.24. The van der Waals surface area contributed by atoms with Crippen LogP contribution in [0.5, 0.6) is 0 Å². The fourth-order valence-corrected chi connectivity index (χ4v) is 2.66. The van der Waals surface area contributed by atoms with Crippen LogP contribution in [0.25, 0.3) is 0 Å². The van der Waals surface area contributed by atoms with Crippen molar-refractivity contribution in [2.45, 2.75) is 20.4 Å². The van der Waals surface area contributed by atoms with Gasteiger partial charge in [-0.3, -0.25) is 0 Å². The van der Waals surface area contributed by atoms with E-state index in [-0.39, 0.29) is 0 Å². The van der Waals surface area contributed by atoms with E-state index in [1.807, 2.05) is 24.6 Å². The van der Waals surface area contributed by atoms with Gasteiger partial charge in [0, 0.05) is 26.8 Å². The summed E-state index contributed by atoms with van der Waals surface area (Å²) in [5.41, 5.74) is 1.84. The third kappa shape index (κ3) is 2.76. The van der Waals surface area contributed by atoms with Gasteiger partial charge in [-0.25, -0.2) is 4.98 Å². The number of imidazole rings is 1. The van der Waals surface area contributed by atoms with Crippen molar-refractivity contribution in [3.05, 3.63) is 50.5 Å². The number of halogens is 3. The zero-order valence-electron chi connectivity index (χ0n) is 9.47. The van der Waals surface area contributed by atoms with E-state index in [2.05, 4.69) is 4.98 Å². The molecule has 0 spiro atoms. The van der Waals surface area contributed by atoms with Crippen molar-refractivity contribution in [3.8, 4) is 0 Å². The smallest absolute Gasteiger partial charge is 0.106 e. The molecule has 1 heterocycles. The van der Waals surface area contributed by atoms with Gasteiger partial charge in [0.2, 0.25) is 0 Å². The Bertz CT molecular complexity index is 538. The van der Waals surface area contributed by atoms with E-state index >= 15 is 0 Å². The van der Waals surface area contributed by atoms with Gasteiger partial charge in [-0.15, -0.1) is 0 Å². The molecule has 0 bridgehead atoms. The first kappa shape index (κ1) is 12.7. The van der Waals surface area contributed by atoms with E-state index in [0.29, 0.717) is 21.6 Å². The number of rotatable bonds is 2. The van der Waals surface area contributed by atoms with Crippen LogP contribution in [0.15, 0.2) is 18.3 Å². The zero-order chi connectivity index (χ0) is 12.6. The van der Waals surface area contributed by atoms with E-state index in [9.17, 15) is 0 Å². The van der Waals surface area contributed by atoms with Gasteiger partial charge in [0.05, 0.1) is 12.2 Å². The second kappa shape index (κ2) is 4.89. The molecule has 0 amide bonds. The highest BCUT2D eigenvalue weighted by Crippen LogP contribution is 2.29. The van der Waals surface area contributed by atoms with Gasteiger partial charge in [-0.05, 0) is 26.0 Å². The van der Waals surface area contributed by atoms with Gasteiger partial charge in [0.15, 0.2) is 0 Å². The van der Waals surface area contributed by atoms with Gasteiger partial charge >= 0.3 is 0 Å². The fraction of sp³-hybridized carbons (Fsp3) is 0.250. The van der Waals surface area contributed by atoms with Gasteiger partial charge in [-0.2, -0.15) is 0 Å². The van der Waals surface area contributed by atoms with Crippen LogP contribution >= 0.6 is 34.8 Å². The third-order valence-electron chi connectivity index (χ3n) is 2.53. The Hall–Kier alpha value is -0.700. The molecular weight excluding hydrogens is 279 g/mol. The van der Waals surface area contributed by atoms with Crippen LogP contribution in [-0.2, 0) is 6.54 Å². The van der Waals surface area contributed by atoms with Crippen LogP contribution in [-0.4, -0.2) is 9.55 Å². The first-order valence-electron chi connectivity index (χ1n) is 5.11. The topological polar surface area (TPSA) is 17.8 Å². The van der Waals surface area contributed by atoms with Crippen molar-refractivity contribution in [2.24, 2.45) is 0 Å². The Morgan fingerprint density at radius 1 is 1.12 bits per heavy atom. The second-order valence-electron chi connectivity index (χ2n) is 3.91. The molecule has 5 heteroatoms. The predicted octanol–water partition coefficient (Wildman–Crippen LogP) is 4.51. The maximum atomic E-state index is 6.14. The summed E-state index contributed by atoms with van der Waals surface area (Å²) in [5.74, 6) is 0.935. The first-order chi connectivity index (χ1) is 7.97. The van der Waals surface area contributed by atoms with Gasteiger partial charge in [-0.1, -0.05) is 34.8 Å². The number of aromatic nitrogens is 2. The minimum Gasteiger partial charge on any atom is -0.330 e. The molecule has 0 aliphatic heterocycles. The van der Waals surface area contributed by atoms with Crippen LogP contribution in [0.1, 0.15) is 17.1 Å². The lowest BCUT2D eigenvalue weighted by Gasteiger charge is -2.09. The van der Waals surface area contributed by atoms with E-state index in [0.717, 1.165) is 17.1 Å². The largest absolute Gasteiger partial charge is 0.330 e. The lowest BCUT2D eigenvalue weighted by atomic mass is 10.2. The summed E-state index contributed by atoms with van der Waals surface area (Å²) < 4.78 is 2.01. The molecular formula is C12H11Cl3N2. The Labute approximate surface area is 115 Å². The molecule has 0 N–H and O–H groups in total. The lowest BCUT2D eigenvalue weighted by molar-refractivity contribution is 0.762. The van der Waals surface area contributed by atoms with Gasteiger partial charge in [0.1, 0.15) is 5.82 Å². The maximum Gasteiger partial charge on any atom is 0.106 e. The molecule has 0 radical (unpaired) electrons. The predicted molar refractivity (Wildman–Crippen MR) is 72.3 cm³/mol. The van der Waals surface area contributed by atoms with Gasteiger partial charge < -0.3 is 4.57 Å². The highest BCUT2D eigenvalue weighted by molar-refractivity contribution is 6.39. The summed E-state index contributed by atoms with van der Waals surface area (Å²) in [5, 5.41) is 1.70. The lowest BCUT2D eigenvalue weighted by Crippen LogP contribution is -2.02. The molecule has 1 aromatic heterocycles. The highest BCUT2D eigenvalue weighted by Gasteiger charge is 2.10. The molecule has 90 valence electrons. The Kier molecular flexibility index (Phi) is 3.67. The molecule has 0 aliphatic carbocycles. The van der Waals surface area contributed by atoms with Crippen molar-refractivity contribution in [3.63, 3.8) is 0 Å². The Balaban J connectivity index is 2.39. The number of aryl methyl sites for hydroxylation is 2. The number of nitrogens with zero attached hydrogens (tertiary/aromatic N) is 2. The van der Waals surface area contributed by atoms with Crippen LogP contribution in [0, 0.1) is 13.8 Å². The number of hydrogen-bond donors (Lipinski definition) is 0. The Morgan fingerprint density at radius 2 is 1.71 bits per heavy atom. The van der Waals surface area contributed by atoms with Crippen LogP contribution in [0.3, 0.4) is 0 Å². The standard InChI is InChI=1S/C12H11Cl3N2/c1-7-5-17(8(2)16-7)6-10-11(14)3-9(13)4-12(10)15/h3-5H,6H2,1-2H3. The summed E-state index contributed by atoms with van der Waals surface area (Å²) in [7, 11) is 0. The monoisotopic (exact) mass is 288 g/mol. The van der Waals surface area contributed by atoms with Crippen LogP contribution in [0.4, 0.5) is 0 Å². The summed E-state index contributed by atoms with van der Waals surface area (Å²) in [6.45, 7) is 4.50. The Morgan fingerprint density at radius 3 is 2.18 bits per heavy atom. The van der Waals surface area contributed by atoms with Crippen molar-refractivity contribution in [2.75, 3.05) is 0 Å². The van der Waals surface area contributed by atoms with Crippen molar-refractivity contribution in [1.82, 2.24) is 9.55 Å². The molecule has 0 fully saturated rings. The van der Waals surface area contributed by atoms with Crippen LogP contribution in [0.2, 0.25) is 15.1 Å². The van der Waals surface area contributed by atoms with Crippen molar-refractivity contribution in [1.29, 1.82) is 0 Å². The molecule has 2 aromatic rings. The van der Waals surface area contributed by atoms with Crippen molar-refractivity contribution < 1.29 is 0 Å². The maximum absolute atomic E-state index is 6.14. The minimum absolute atomic E-state index is 0.544.